The summed E-state index contributed by atoms with van der Waals surface area (Å²) in [6, 6.07) is 34.4. The van der Waals surface area contributed by atoms with E-state index in [1.54, 1.807) is 0 Å². The molecule has 0 amide bonds. The summed E-state index contributed by atoms with van der Waals surface area (Å²) in [5, 5.41) is 4.20. The number of nitrogens with one attached hydrogen (secondary N) is 1. The minimum absolute atomic E-state index is 0.125. The molecule has 5 nitrogen and oxygen atoms in total. The van der Waals surface area contributed by atoms with E-state index in [1.807, 2.05) is 60.8 Å². The van der Waals surface area contributed by atoms with Crippen molar-refractivity contribution in [1.82, 2.24) is 14.9 Å². The van der Waals surface area contributed by atoms with E-state index < -0.39 is 0 Å². The predicted molar refractivity (Wildman–Crippen MR) is 159 cm³/mol. The Balaban J connectivity index is 1.38. The van der Waals surface area contributed by atoms with Gasteiger partial charge in [0.1, 0.15) is 17.5 Å². The maximum atomic E-state index is 6.07. The van der Waals surface area contributed by atoms with Crippen LogP contribution in [-0.4, -0.2) is 14.7 Å². The number of anilines is 1. The molecule has 2 atom stereocenters. The van der Waals surface area contributed by atoms with Gasteiger partial charge in [0.2, 0.25) is 0 Å². The van der Waals surface area contributed by atoms with Gasteiger partial charge in [0.15, 0.2) is 5.11 Å². The molecule has 6 rings (SSSR count). The lowest BCUT2D eigenvalue weighted by Crippen LogP contribution is -2.30. The van der Waals surface area contributed by atoms with Gasteiger partial charge in [-0.05, 0) is 104 Å². The smallest absolute Gasteiger partial charge is 0.174 e. The van der Waals surface area contributed by atoms with Crippen molar-refractivity contribution in [3.63, 3.8) is 0 Å². The Morgan fingerprint density at radius 2 is 1.50 bits per heavy atom. The van der Waals surface area contributed by atoms with Gasteiger partial charge in [0.05, 0.1) is 11.7 Å². The molecule has 38 heavy (non-hydrogen) atoms. The Bertz CT molecular complexity index is 1550. The quantitative estimate of drug-likeness (QED) is 0.207. The van der Waals surface area contributed by atoms with Gasteiger partial charge in [-0.15, -0.1) is 0 Å². The van der Waals surface area contributed by atoms with Gasteiger partial charge in [-0.1, -0.05) is 39.7 Å². The summed E-state index contributed by atoms with van der Waals surface area (Å²) < 4.78 is 9.32. The van der Waals surface area contributed by atoms with Crippen LogP contribution in [0.1, 0.15) is 29.0 Å². The van der Waals surface area contributed by atoms with Crippen molar-refractivity contribution in [3.05, 3.63) is 137 Å². The van der Waals surface area contributed by atoms with Crippen LogP contribution < -0.4 is 15.0 Å². The van der Waals surface area contributed by atoms with E-state index in [1.165, 1.54) is 5.56 Å². The molecular formula is C31H25BrN4OS. The third kappa shape index (κ3) is 4.83. The molecule has 3 aromatic carbocycles. The zero-order valence-electron chi connectivity index (χ0n) is 20.7. The van der Waals surface area contributed by atoms with Gasteiger partial charge in [0.25, 0.3) is 0 Å². The number of aryl methyl sites for hydroxylation is 1. The number of halogens is 1. The van der Waals surface area contributed by atoms with Gasteiger partial charge in [-0.3, -0.25) is 4.98 Å². The van der Waals surface area contributed by atoms with Gasteiger partial charge < -0.3 is 19.5 Å². The topological polar surface area (TPSA) is 42.3 Å². The van der Waals surface area contributed by atoms with Crippen LogP contribution in [0.15, 0.2) is 120 Å². The van der Waals surface area contributed by atoms with Crippen LogP contribution in [0.4, 0.5) is 5.69 Å². The van der Waals surface area contributed by atoms with Crippen molar-refractivity contribution in [1.29, 1.82) is 0 Å². The lowest BCUT2D eigenvalue weighted by atomic mass is 10.0. The first-order chi connectivity index (χ1) is 18.6. The molecule has 1 N–H and O–H groups in total. The maximum Gasteiger partial charge on any atom is 0.174 e. The van der Waals surface area contributed by atoms with Crippen LogP contribution in [0, 0.1) is 6.92 Å². The zero-order chi connectivity index (χ0) is 26.1. The highest BCUT2D eigenvalue weighted by molar-refractivity contribution is 9.10. The number of ether oxygens (including phenoxy) is 1. The van der Waals surface area contributed by atoms with Crippen LogP contribution in [0.25, 0.3) is 5.69 Å². The van der Waals surface area contributed by atoms with E-state index in [0.717, 1.165) is 38.7 Å². The molecule has 1 saturated heterocycles. The summed E-state index contributed by atoms with van der Waals surface area (Å²) in [5.41, 5.74) is 5.29. The largest absolute Gasteiger partial charge is 0.457 e. The van der Waals surface area contributed by atoms with Gasteiger partial charge >= 0.3 is 0 Å². The number of pyridine rings is 1. The molecule has 188 valence electrons. The van der Waals surface area contributed by atoms with Crippen LogP contribution >= 0.6 is 28.1 Å². The van der Waals surface area contributed by atoms with Crippen LogP contribution in [-0.2, 0) is 0 Å². The molecule has 0 bridgehead atoms. The van der Waals surface area contributed by atoms with E-state index >= 15 is 0 Å². The van der Waals surface area contributed by atoms with Crippen molar-refractivity contribution in [3.8, 4) is 17.2 Å². The second-order valence-electron chi connectivity index (χ2n) is 9.19. The summed E-state index contributed by atoms with van der Waals surface area (Å²) in [6.45, 7) is 2.06. The summed E-state index contributed by atoms with van der Waals surface area (Å²) in [4.78, 5) is 6.86. The molecule has 1 aliphatic rings. The Morgan fingerprint density at radius 1 is 0.816 bits per heavy atom. The van der Waals surface area contributed by atoms with E-state index in [9.17, 15) is 0 Å². The van der Waals surface area contributed by atoms with Crippen molar-refractivity contribution in [2.75, 3.05) is 4.90 Å². The highest BCUT2D eigenvalue weighted by Crippen LogP contribution is 2.42. The molecule has 1 fully saturated rings. The molecule has 1 aliphatic heterocycles. The van der Waals surface area contributed by atoms with Gasteiger partial charge in [-0.25, -0.2) is 0 Å². The normalized spacial score (nSPS) is 16.9. The molecule has 7 heteroatoms. The predicted octanol–water partition coefficient (Wildman–Crippen LogP) is 7.91. The maximum absolute atomic E-state index is 6.07. The lowest BCUT2D eigenvalue weighted by Gasteiger charge is -2.29. The van der Waals surface area contributed by atoms with Crippen molar-refractivity contribution in [2.24, 2.45) is 0 Å². The van der Waals surface area contributed by atoms with Crippen molar-refractivity contribution in [2.45, 2.75) is 19.0 Å². The SMILES string of the molecule is Cc1ccc(Oc2ccc(N3C(=S)N[C@@H](c4ccccn4)[C@H]3c3cccn3-c3ccc(Br)cc3)cc2)cc1. The average molecular weight is 582 g/mol. The third-order valence-electron chi connectivity index (χ3n) is 6.66. The molecule has 2 aromatic heterocycles. The highest BCUT2D eigenvalue weighted by atomic mass is 79.9. The fourth-order valence-electron chi connectivity index (χ4n) is 4.82. The lowest BCUT2D eigenvalue weighted by molar-refractivity contribution is 0.482. The minimum Gasteiger partial charge on any atom is -0.457 e. The standard InChI is InChI=1S/C31H25BrN4OS/c1-21-7-15-25(16-8-21)37-26-17-13-24(14-18-26)36-30(29(34-31(36)38)27-5-2-3-19-33-27)28-6-4-20-35(28)23-11-9-22(32)10-12-23/h2-20,29-30H,1H3,(H,34,38)/t29-,30+/m0/s1. The second-order valence-corrected chi connectivity index (χ2v) is 10.5. The van der Waals surface area contributed by atoms with E-state index in [-0.39, 0.29) is 12.1 Å². The number of aromatic nitrogens is 2. The molecule has 0 aliphatic carbocycles. The number of rotatable bonds is 6. The Kier molecular flexibility index (Phi) is 6.70. The number of thiocarbonyl (C=S) groups is 1. The number of hydrogen-bond acceptors (Lipinski definition) is 3. The molecule has 3 heterocycles. The fourth-order valence-corrected chi connectivity index (χ4v) is 5.43. The number of nitrogens with zero attached hydrogens (tertiary/aromatic N) is 3. The third-order valence-corrected chi connectivity index (χ3v) is 7.50. The minimum atomic E-state index is -0.128. The Hall–Kier alpha value is -3.94. The van der Waals surface area contributed by atoms with E-state index in [0.29, 0.717) is 5.11 Å². The van der Waals surface area contributed by atoms with E-state index in [2.05, 4.69) is 97.3 Å². The Morgan fingerprint density at radius 3 is 2.18 bits per heavy atom. The number of benzene rings is 3. The first-order valence-electron chi connectivity index (χ1n) is 12.4. The summed E-state index contributed by atoms with van der Waals surface area (Å²) in [7, 11) is 0. The summed E-state index contributed by atoms with van der Waals surface area (Å²) in [6.07, 6.45) is 3.91. The molecule has 0 spiro atoms. The fraction of sp³-hybridized carbons (Fsp3) is 0.0968. The van der Waals surface area contributed by atoms with Crippen LogP contribution in [0.2, 0.25) is 0 Å². The monoisotopic (exact) mass is 580 g/mol. The molecule has 0 radical (unpaired) electrons. The van der Waals surface area contributed by atoms with Crippen molar-refractivity contribution >= 4 is 38.9 Å². The van der Waals surface area contributed by atoms with Crippen LogP contribution in [0.5, 0.6) is 11.5 Å². The molecule has 5 aromatic rings. The molecule has 0 unspecified atom stereocenters. The zero-order valence-corrected chi connectivity index (χ0v) is 23.1. The first-order valence-corrected chi connectivity index (χ1v) is 13.6. The van der Waals surface area contributed by atoms with Crippen molar-refractivity contribution < 1.29 is 4.74 Å². The van der Waals surface area contributed by atoms with E-state index in [4.69, 9.17) is 17.0 Å². The average Bonchev–Trinajstić information content (AvgIpc) is 3.56. The highest BCUT2D eigenvalue weighted by Gasteiger charge is 2.42. The summed E-state index contributed by atoms with van der Waals surface area (Å²) >= 11 is 9.47. The summed E-state index contributed by atoms with van der Waals surface area (Å²) in [5.74, 6) is 1.58. The number of hydrogen-bond donors (Lipinski definition) is 1. The molecular weight excluding hydrogens is 556 g/mol. The van der Waals surface area contributed by atoms with Gasteiger partial charge in [0, 0.05) is 33.9 Å². The second kappa shape index (κ2) is 10.4. The first kappa shape index (κ1) is 24.4. The van der Waals surface area contributed by atoms with Crippen LogP contribution in [0.3, 0.4) is 0 Å². The molecule has 0 saturated carbocycles. The van der Waals surface area contributed by atoms with Gasteiger partial charge in [-0.2, -0.15) is 0 Å². The Labute approximate surface area is 235 Å².